The number of carboxylic acids is 1. The molecule has 2 fully saturated rings. The van der Waals surface area contributed by atoms with Gasteiger partial charge in [0.05, 0.1) is 10.3 Å². The fourth-order valence-corrected chi connectivity index (χ4v) is 6.38. The number of fused-ring (bicyclic) bond motifs is 4. The van der Waals surface area contributed by atoms with Gasteiger partial charge in [0.1, 0.15) is 0 Å². The summed E-state index contributed by atoms with van der Waals surface area (Å²) in [5.74, 6) is -0.447. The van der Waals surface area contributed by atoms with Crippen LogP contribution < -0.4 is 4.72 Å². The molecule has 7 heteroatoms. The standard InChI is InChI=1S/C21H24N2O4S/c1-11(2)9-23-28(26,27)19-15-6-17(12-3-4-12)22-10-14(15)5-13-7-21(20(24)25)8-16(21)18(13)19/h5-6,10-12,16,23H,3-4,7-9H2,1-2H3,(H,24,25). The van der Waals surface area contributed by atoms with Crippen molar-refractivity contribution in [2.45, 2.75) is 56.3 Å². The van der Waals surface area contributed by atoms with Gasteiger partial charge in [-0.05, 0) is 54.9 Å². The summed E-state index contributed by atoms with van der Waals surface area (Å²) in [6.45, 7) is 4.27. The summed E-state index contributed by atoms with van der Waals surface area (Å²) in [4.78, 5) is 16.7. The number of hydrogen-bond acceptors (Lipinski definition) is 4. The molecule has 0 radical (unpaired) electrons. The fourth-order valence-electron chi connectivity index (χ4n) is 4.65. The van der Waals surface area contributed by atoms with Crippen LogP contribution in [0.1, 0.15) is 61.8 Å². The van der Waals surface area contributed by atoms with Crippen LogP contribution in [0.15, 0.2) is 23.2 Å². The van der Waals surface area contributed by atoms with Crippen molar-refractivity contribution in [3.8, 4) is 0 Å². The summed E-state index contributed by atoms with van der Waals surface area (Å²) in [6.07, 6.45) is 4.84. The fraction of sp³-hybridized carbons (Fsp3) is 0.524. The van der Waals surface area contributed by atoms with Crippen molar-refractivity contribution in [3.63, 3.8) is 0 Å². The van der Waals surface area contributed by atoms with Gasteiger partial charge in [-0.3, -0.25) is 9.78 Å². The van der Waals surface area contributed by atoms with Gasteiger partial charge in [0.2, 0.25) is 10.0 Å². The summed E-state index contributed by atoms with van der Waals surface area (Å²) in [5.41, 5.74) is 1.68. The lowest BCUT2D eigenvalue weighted by atomic mass is 9.98. The van der Waals surface area contributed by atoms with Gasteiger partial charge in [-0.1, -0.05) is 13.8 Å². The third kappa shape index (κ3) is 2.59. The SMILES string of the molecule is CC(C)CNS(=O)(=O)c1c2c(cc3cnc(C4CC4)cc13)CC1(C(=O)O)CC21. The van der Waals surface area contributed by atoms with E-state index in [1.165, 1.54) is 0 Å². The molecule has 6 nitrogen and oxygen atoms in total. The van der Waals surface area contributed by atoms with Gasteiger partial charge in [-0.25, -0.2) is 13.1 Å². The third-order valence-corrected chi connectivity index (χ3v) is 7.95. The van der Waals surface area contributed by atoms with E-state index in [-0.39, 0.29) is 16.7 Å². The van der Waals surface area contributed by atoms with Crippen LogP contribution in [0, 0.1) is 11.3 Å². The molecule has 0 saturated heterocycles. The van der Waals surface area contributed by atoms with Gasteiger partial charge in [-0.2, -0.15) is 0 Å². The van der Waals surface area contributed by atoms with Gasteiger partial charge in [-0.15, -0.1) is 0 Å². The summed E-state index contributed by atoms with van der Waals surface area (Å²) < 4.78 is 29.5. The minimum absolute atomic E-state index is 0.181. The number of rotatable bonds is 6. The Bertz CT molecular complexity index is 1120. The molecule has 0 aliphatic heterocycles. The number of pyridine rings is 1. The lowest BCUT2D eigenvalue weighted by Gasteiger charge is -2.17. The van der Waals surface area contributed by atoms with Crippen molar-refractivity contribution in [2.24, 2.45) is 11.3 Å². The number of nitrogens with zero attached hydrogens (tertiary/aromatic N) is 1. The van der Waals surface area contributed by atoms with Crippen molar-refractivity contribution < 1.29 is 18.3 Å². The average molecular weight is 401 g/mol. The monoisotopic (exact) mass is 400 g/mol. The molecule has 2 unspecified atom stereocenters. The number of aromatic nitrogens is 1. The van der Waals surface area contributed by atoms with Crippen molar-refractivity contribution in [1.29, 1.82) is 0 Å². The zero-order valence-corrected chi connectivity index (χ0v) is 16.8. The Morgan fingerprint density at radius 1 is 1.36 bits per heavy atom. The van der Waals surface area contributed by atoms with E-state index >= 15 is 0 Å². The van der Waals surface area contributed by atoms with E-state index in [0.717, 1.165) is 35.0 Å². The van der Waals surface area contributed by atoms with Crippen molar-refractivity contribution in [3.05, 3.63) is 35.2 Å². The predicted octanol–water partition coefficient (Wildman–Crippen LogP) is 3.16. The Morgan fingerprint density at radius 2 is 2.11 bits per heavy atom. The molecule has 1 heterocycles. The number of nitrogens with one attached hydrogen (secondary N) is 1. The van der Waals surface area contributed by atoms with Crippen molar-refractivity contribution in [1.82, 2.24) is 9.71 Å². The highest BCUT2D eigenvalue weighted by Gasteiger charge is 2.66. The van der Waals surface area contributed by atoms with Gasteiger partial charge in [0, 0.05) is 41.0 Å². The molecule has 1 aromatic heterocycles. The summed E-state index contributed by atoms with van der Waals surface area (Å²) >= 11 is 0. The first-order valence-corrected chi connectivity index (χ1v) is 11.4. The minimum Gasteiger partial charge on any atom is -0.481 e. The number of aliphatic carboxylic acids is 1. The molecule has 3 aliphatic carbocycles. The van der Waals surface area contributed by atoms with E-state index < -0.39 is 21.4 Å². The molecular weight excluding hydrogens is 376 g/mol. The molecule has 0 spiro atoms. The Labute approximate surface area is 164 Å². The Hall–Kier alpha value is -1.99. The molecule has 1 aromatic carbocycles. The van der Waals surface area contributed by atoms with Gasteiger partial charge >= 0.3 is 5.97 Å². The molecule has 2 N–H and O–H groups in total. The summed E-state index contributed by atoms with van der Waals surface area (Å²) in [5, 5.41) is 11.2. The molecule has 28 heavy (non-hydrogen) atoms. The Kier molecular flexibility index (Phi) is 3.72. The smallest absolute Gasteiger partial charge is 0.310 e. The van der Waals surface area contributed by atoms with Gasteiger partial charge < -0.3 is 5.11 Å². The second kappa shape index (κ2) is 5.76. The Morgan fingerprint density at radius 3 is 2.75 bits per heavy atom. The molecule has 3 aliphatic rings. The first-order valence-electron chi connectivity index (χ1n) is 9.91. The van der Waals surface area contributed by atoms with Crippen LogP contribution in [0.4, 0.5) is 0 Å². The maximum absolute atomic E-state index is 13.4. The van der Waals surface area contributed by atoms with Crippen LogP contribution >= 0.6 is 0 Å². The number of carbonyl (C=O) groups is 1. The normalized spacial score (nSPS) is 25.8. The summed E-state index contributed by atoms with van der Waals surface area (Å²) in [6, 6.07) is 3.87. The van der Waals surface area contributed by atoms with Gasteiger partial charge in [0.25, 0.3) is 0 Å². The zero-order chi connectivity index (χ0) is 19.8. The highest BCUT2D eigenvalue weighted by Crippen LogP contribution is 2.68. The second-order valence-electron chi connectivity index (χ2n) is 9.02. The quantitative estimate of drug-likeness (QED) is 0.776. The highest BCUT2D eigenvalue weighted by molar-refractivity contribution is 7.89. The number of sulfonamides is 1. The molecule has 0 bridgehead atoms. The maximum atomic E-state index is 13.4. The van der Waals surface area contributed by atoms with E-state index in [1.54, 1.807) is 6.20 Å². The molecule has 2 atom stereocenters. The van der Waals surface area contributed by atoms with E-state index in [0.29, 0.717) is 30.7 Å². The highest BCUT2D eigenvalue weighted by atomic mass is 32.2. The largest absolute Gasteiger partial charge is 0.481 e. The lowest BCUT2D eigenvalue weighted by Crippen LogP contribution is -2.28. The molecule has 2 aromatic rings. The molecule has 5 rings (SSSR count). The van der Waals surface area contributed by atoms with Crippen LogP contribution in [-0.2, 0) is 21.2 Å². The first-order chi connectivity index (χ1) is 13.2. The van der Waals surface area contributed by atoms with Crippen LogP contribution in [0.3, 0.4) is 0 Å². The van der Waals surface area contributed by atoms with Crippen LogP contribution in [0.2, 0.25) is 0 Å². The first kappa shape index (κ1) is 18.1. The Balaban J connectivity index is 1.74. The number of carboxylic acid groups (broad SMARTS) is 1. The number of hydrogen-bond donors (Lipinski definition) is 2. The molecular formula is C21H24N2O4S. The topological polar surface area (TPSA) is 96.4 Å². The molecule has 2 saturated carbocycles. The van der Waals surface area contributed by atoms with Crippen molar-refractivity contribution in [2.75, 3.05) is 6.54 Å². The molecule has 148 valence electrons. The van der Waals surface area contributed by atoms with Crippen molar-refractivity contribution >= 4 is 26.8 Å². The molecule has 0 amide bonds. The third-order valence-electron chi connectivity index (χ3n) is 6.42. The lowest BCUT2D eigenvalue weighted by molar-refractivity contribution is -0.143. The van der Waals surface area contributed by atoms with Gasteiger partial charge in [0.15, 0.2) is 0 Å². The summed E-state index contributed by atoms with van der Waals surface area (Å²) in [7, 11) is -3.76. The van der Waals surface area contributed by atoms with E-state index in [1.807, 2.05) is 26.0 Å². The van der Waals surface area contributed by atoms with E-state index in [2.05, 4.69) is 9.71 Å². The van der Waals surface area contributed by atoms with Crippen LogP contribution in [0.5, 0.6) is 0 Å². The van der Waals surface area contributed by atoms with E-state index in [9.17, 15) is 18.3 Å². The van der Waals surface area contributed by atoms with Crippen LogP contribution in [0.25, 0.3) is 10.8 Å². The van der Waals surface area contributed by atoms with Crippen LogP contribution in [-0.4, -0.2) is 31.0 Å². The maximum Gasteiger partial charge on any atom is 0.310 e. The average Bonchev–Trinajstić information content (AvgIpc) is 3.54. The zero-order valence-electron chi connectivity index (χ0n) is 16.0. The second-order valence-corrected chi connectivity index (χ2v) is 10.7. The minimum atomic E-state index is -3.76. The van der Waals surface area contributed by atoms with E-state index in [4.69, 9.17) is 0 Å². The predicted molar refractivity (Wildman–Crippen MR) is 105 cm³/mol. The number of benzene rings is 1.